The van der Waals surface area contributed by atoms with E-state index in [-0.39, 0.29) is 29.7 Å². The summed E-state index contributed by atoms with van der Waals surface area (Å²) in [6, 6.07) is 10.5. The second-order valence-electron chi connectivity index (χ2n) is 8.45. The van der Waals surface area contributed by atoms with E-state index < -0.39 is 11.0 Å². The average molecular weight is 436 g/mol. The maximum atomic E-state index is 13.4. The smallest absolute Gasteiger partial charge is 0.322 e. The molecule has 32 heavy (non-hydrogen) atoms. The number of amides is 3. The molecule has 2 bridgehead atoms. The molecule has 3 aliphatic heterocycles. The summed E-state index contributed by atoms with van der Waals surface area (Å²) in [6.07, 6.45) is 3.10. The Balaban J connectivity index is 1.46. The van der Waals surface area contributed by atoms with E-state index in [2.05, 4.69) is 5.32 Å². The number of nitrogens with zero attached hydrogens (tertiary/aromatic N) is 3. The lowest BCUT2D eigenvalue weighted by atomic mass is 9.78. The molecule has 2 aromatic carbocycles. The van der Waals surface area contributed by atoms with Crippen LogP contribution in [0.25, 0.3) is 0 Å². The Kier molecular flexibility index (Phi) is 4.96. The van der Waals surface area contributed by atoms with Crippen molar-refractivity contribution in [2.75, 3.05) is 19.0 Å². The summed E-state index contributed by atoms with van der Waals surface area (Å²) in [5.74, 6) is 0.778. The maximum Gasteiger partial charge on any atom is 0.322 e. The molecule has 166 valence electrons. The maximum absolute atomic E-state index is 13.4. The molecule has 0 radical (unpaired) electrons. The molecule has 9 heteroatoms. The first-order chi connectivity index (χ1) is 15.5. The predicted molar refractivity (Wildman–Crippen MR) is 117 cm³/mol. The number of methoxy groups -OCH3 is 1. The molecule has 3 atom stereocenters. The number of fused-ring (bicyclic) bond motifs is 6. The third kappa shape index (κ3) is 3.24. The van der Waals surface area contributed by atoms with E-state index in [1.54, 1.807) is 12.0 Å². The first-order valence-electron chi connectivity index (χ1n) is 10.8. The van der Waals surface area contributed by atoms with Crippen molar-refractivity contribution >= 4 is 23.3 Å². The molecule has 0 saturated carbocycles. The predicted octanol–water partition coefficient (Wildman–Crippen LogP) is 3.50. The van der Waals surface area contributed by atoms with Gasteiger partial charge in [0.15, 0.2) is 0 Å². The van der Waals surface area contributed by atoms with Crippen molar-refractivity contribution in [3.63, 3.8) is 0 Å². The van der Waals surface area contributed by atoms with E-state index in [0.29, 0.717) is 18.7 Å². The van der Waals surface area contributed by atoms with Gasteiger partial charge >= 0.3 is 6.03 Å². The van der Waals surface area contributed by atoms with E-state index in [4.69, 9.17) is 4.74 Å². The summed E-state index contributed by atoms with van der Waals surface area (Å²) in [5, 5.41) is 13.7. The number of ether oxygens (including phenoxy) is 1. The number of hydrogen-bond acceptors (Lipinski definition) is 5. The number of piperidine rings is 1. The monoisotopic (exact) mass is 436 g/mol. The minimum atomic E-state index is -0.483. The number of hydrogen-bond donors (Lipinski definition) is 1. The van der Waals surface area contributed by atoms with E-state index in [0.717, 1.165) is 36.1 Å². The molecule has 3 heterocycles. The number of nitrogens with one attached hydrogen (secondary N) is 1. The minimum Gasteiger partial charge on any atom is -0.497 e. The summed E-state index contributed by atoms with van der Waals surface area (Å²) in [5.41, 5.74) is 2.64. The fourth-order valence-electron chi connectivity index (χ4n) is 5.34. The van der Waals surface area contributed by atoms with Gasteiger partial charge < -0.3 is 19.9 Å². The van der Waals surface area contributed by atoms with Crippen LogP contribution in [0.15, 0.2) is 42.5 Å². The van der Waals surface area contributed by atoms with Crippen molar-refractivity contribution in [3.8, 4) is 5.75 Å². The van der Waals surface area contributed by atoms with Crippen LogP contribution in [0, 0.1) is 10.1 Å². The Morgan fingerprint density at radius 2 is 1.97 bits per heavy atom. The standard InChI is InChI=1S/C23H24N4O5/c1-32-17-9-10-18-14(13-17)11-12-25-21(18)19-3-2-4-20(22(25)28)26(19)23(29)24-15-5-7-16(8-6-15)27(30)31/h5-10,13,19-21H,2-4,11-12H2,1H3,(H,24,29). The van der Waals surface area contributed by atoms with E-state index in [9.17, 15) is 19.7 Å². The van der Waals surface area contributed by atoms with Crippen LogP contribution in [0.1, 0.15) is 36.4 Å². The number of carbonyl (C=O) groups is 2. The van der Waals surface area contributed by atoms with Crippen LogP contribution in [0.5, 0.6) is 5.75 Å². The lowest BCUT2D eigenvalue weighted by Crippen LogP contribution is -2.67. The zero-order valence-corrected chi connectivity index (χ0v) is 17.7. The average Bonchev–Trinajstić information content (AvgIpc) is 2.81. The molecule has 2 aromatic rings. The fraction of sp³-hybridized carbons (Fsp3) is 0.391. The largest absolute Gasteiger partial charge is 0.497 e. The highest BCUT2D eigenvalue weighted by molar-refractivity contribution is 5.95. The lowest BCUT2D eigenvalue weighted by Gasteiger charge is -2.55. The molecule has 0 spiro atoms. The van der Waals surface area contributed by atoms with Crippen LogP contribution in [-0.4, -0.2) is 52.4 Å². The molecule has 1 N–H and O–H groups in total. The van der Waals surface area contributed by atoms with Gasteiger partial charge in [0.25, 0.3) is 5.69 Å². The summed E-state index contributed by atoms with van der Waals surface area (Å²) in [7, 11) is 1.64. The minimum absolute atomic E-state index is 0.00809. The number of non-ortho nitro benzene ring substituents is 1. The topological polar surface area (TPSA) is 105 Å². The summed E-state index contributed by atoms with van der Waals surface area (Å²) in [6.45, 7) is 0.633. The molecule has 0 aliphatic carbocycles. The van der Waals surface area contributed by atoms with E-state index in [1.165, 1.54) is 24.3 Å². The third-order valence-electron chi connectivity index (χ3n) is 6.79. The first-order valence-corrected chi connectivity index (χ1v) is 10.8. The van der Waals surface area contributed by atoms with Crippen LogP contribution in [-0.2, 0) is 11.2 Å². The van der Waals surface area contributed by atoms with Crippen molar-refractivity contribution in [2.45, 2.75) is 43.8 Å². The molecular formula is C23H24N4O5. The number of rotatable bonds is 3. The molecule has 3 amide bonds. The highest BCUT2D eigenvalue weighted by Crippen LogP contribution is 2.45. The molecular weight excluding hydrogens is 412 g/mol. The Bertz CT molecular complexity index is 1090. The van der Waals surface area contributed by atoms with Gasteiger partial charge in [0.2, 0.25) is 5.91 Å². The van der Waals surface area contributed by atoms with Crippen LogP contribution in [0.2, 0.25) is 0 Å². The Morgan fingerprint density at radius 1 is 1.19 bits per heavy atom. The van der Waals surface area contributed by atoms with Crippen molar-refractivity contribution in [1.29, 1.82) is 0 Å². The molecule has 9 nitrogen and oxygen atoms in total. The number of benzene rings is 2. The van der Waals surface area contributed by atoms with Gasteiger partial charge in [-0.05, 0) is 61.1 Å². The number of carbonyl (C=O) groups excluding carboxylic acids is 2. The third-order valence-corrected chi connectivity index (χ3v) is 6.79. The Hall–Kier alpha value is -3.62. The number of nitro groups is 1. The highest BCUT2D eigenvalue weighted by Gasteiger charge is 2.52. The molecule has 0 aromatic heterocycles. The van der Waals surface area contributed by atoms with Gasteiger partial charge in [0, 0.05) is 24.4 Å². The summed E-state index contributed by atoms with van der Waals surface area (Å²) < 4.78 is 5.37. The van der Waals surface area contributed by atoms with Gasteiger partial charge in [-0.15, -0.1) is 0 Å². The summed E-state index contributed by atoms with van der Waals surface area (Å²) in [4.78, 5) is 40.8. The lowest BCUT2D eigenvalue weighted by molar-refractivity contribution is -0.384. The second kappa shape index (κ2) is 7.81. The quantitative estimate of drug-likeness (QED) is 0.586. The second-order valence-corrected chi connectivity index (χ2v) is 8.45. The van der Waals surface area contributed by atoms with Crippen molar-refractivity contribution in [3.05, 3.63) is 63.7 Å². The van der Waals surface area contributed by atoms with Gasteiger partial charge in [-0.2, -0.15) is 0 Å². The number of anilines is 1. The molecule has 3 unspecified atom stereocenters. The van der Waals surface area contributed by atoms with E-state index >= 15 is 0 Å². The van der Waals surface area contributed by atoms with Crippen molar-refractivity contribution in [1.82, 2.24) is 9.80 Å². The van der Waals surface area contributed by atoms with Crippen molar-refractivity contribution < 1.29 is 19.2 Å². The molecule has 2 saturated heterocycles. The number of nitro benzene ring substituents is 1. The SMILES string of the molecule is COc1ccc2c(c1)CCN1C(=O)C3CCCC(C21)N3C(=O)Nc1ccc([N+](=O)[O-])cc1. The number of piperazine rings is 1. The van der Waals surface area contributed by atoms with Gasteiger partial charge in [-0.1, -0.05) is 6.07 Å². The highest BCUT2D eigenvalue weighted by atomic mass is 16.6. The first kappa shape index (κ1) is 20.3. The zero-order chi connectivity index (χ0) is 22.4. The van der Waals surface area contributed by atoms with Crippen LogP contribution < -0.4 is 10.1 Å². The zero-order valence-electron chi connectivity index (χ0n) is 17.7. The van der Waals surface area contributed by atoms with Crippen LogP contribution in [0.3, 0.4) is 0 Å². The van der Waals surface area contributed by atoms with Crippen LogP contribution in [0.4, 0.5) is 16.2 Å². The van der Waals surface area contributed by atoms with Gasteiger partial charge in [-0.25, -0.2) is 4.79 Å². The van der Waals surface area contributed by atoms with Gasteiger partial charge in [0.1, 0.15) is 11.8 Å². The van der Waals surface area contributed by atoms with Crippen LogP contribution >= 0.6 is 0 Å². The van der Waals surface area contributed by atoms with Crippen molar-refractivity contribution in [2.24, 2.45) is 0 Å². The summed E-state index contributed by atoms with van der Waals surface area (Å²) >= 11 is 0. The Labute approximate surface area is 185 Å². The van der Waals surface area contributed by atoms with E-state index in [1.807, 2.05) is 23.1 Å². The molecule has 2 fully saturated rings. The molecule has 5 rings (SSSR count). The van der Waals surface area contributed by atoms with Gasteiger partial charge in [0.05, 0.1) is 24.1 Å². The molecule has 3 aliphatic rings. The number of urea groups is 1. The Morgan fingerprint density at radius 3 is 2.69 bits per heavy atom. The normalized spacial score (nSPS) is 23.8. The fourth-order valence-corrected chi connectivity index (χ4v) is 5.34. The van der Waals surface area contributed by atoms with Gasteiger partial charge in [-0.3, -0.25) is 14.9 Å².